The molecular weight excluding hydrogens is 388 g/mol. The number of hydrogen-bond donors (Lipinski definition) is 1. The summed E-state index contributed by atoms with van der Waals surface area (Å²) < 4.78 is 8.53. The average molecular weight is 403 g/mol. The highest BCUT2D eigenvalue weighted by atomic mass is 79.9. The summed E-state index contributed by atoms with van der Waals surface area (Å²) in [6, 6.07) is 15.5. The summed E-state index contributed by atoms with van der Waals surface area (Å²) in [4.78, 5) is 0. The van der Waals surface area contributed by atoms with Gasteiger partial charge in [0.25, 0.3) is 0 Å². The van der Waals surface area contributed by atoms with Gasteiger partial charge in [-0.05, 0) is 37.3 Å². The molecule has 3 rings (SSSR count). The SMILES string of the molecule is CCOc1cccc(-c2n[nH]c(=S)n2/N=C\c2ccccc2Br)c1. The predicted octanol–water partition coefficient (Wildman–Crippen LogP) is 4.65. The number of hydrogen-bond acceptors (Lipinski definition) is 4. The minimum Gasteiger partial charge on any atom is -0.494 e. The number of aromatic nitrogens is 3. The van der Waals surface area contributed by atoms with E-state index in [1.165, 1.54) is 0 Å². The summed E-state index contributed by atoms with van der Waals surface area (Å²) in [5.74, 6) is 1.41. The van der Waals surface area contributed by atoms with Crippen LogP contribution in [0.1, 0.15) is 12.5 Å². The third kappa shape index (κ3) is 3.63. The van der Waals surface area contributed by atoms with E-state index >= 15 is 0 Å². The number of rotatable bonds is 5. The Hall–Kier alpha value is -2.25. The van der Waals surface area contributed by atoms with E-state index in [0.29, 0.717) is 17.2 Å². The number of benzene rings is 2. The molecule has 0 atom stereocenters. The van der Waals surface area contributed by atoms with Gasteiger partial charge in [0.1, 0.15) is 5.75 Å². The van der Waals surface area contributed by atoms with Crippen LogP contribution in [0.25, 0.3) is 11.4 Å². The average Bonchev–Trinajstić information content (AvgIpc) is 2.96. The normalized spacial score (nSPS) is 11.1. The number of nitrogens with zero attached hydrogens (tertiary/aromatic N) is 3. The lowest BCUT2D eigenvalue weighted by Gasteiger charge is -2.05. The standard InChI is InChI=1S/C17H15BrN4OS/c1-2-23-14-8-5-7-12(10-14)16-20-21-17(24)22(16)19-11-13-6-3-4-9-15(13)18/h3-11H,2H2,1H3,(H,21,24)/b19-11-. The van der Waals surface area contributed by atoms with Crippen molar-refractivity contribution in [1.29, 1.82) is 0 Å². The summed E-state index contributed by atoms with van der Waals surface area (Å²) in [6.45, 7) is 2.56. The molecule has 0 aliphatic carbocycles. The first-order chi connectivity index (χ1) is 11.7. The zero-order valence-electron chi connectivity index (χ0n) is 12.9. The van der Waals surface area contributed by atoms with E-state index in [2.05, 4.69) is 31.2 Å². The molecule has 0 aliphatic rings. The van der Waals surface area contributed by atoms with E-state index in [1.54, 1.807) is 10.9 Å². The zero-order valence-corrected chi connectivity index (χ0v) is 15.3. The van der Waals surface area contributed by atoms with E-state index in [0.717, 1.165) is 21.3 Å². The summed E-state index contributed by atoms with van der Waals surface area (Å²) in [5.41, 5.74) is 1.83. The summed E-state index contributed by atoms with van der Waals surface area (Å²) in [7, 11) is 0. The van der Waals surface area contributed by atoms with Gasteiger partial charge in [0.2, 0.25) is 4.77 Å². The Morgan fingerprint density at radius 3 is 2.92 bits per heavy atom. The van der Waals surface area contributed by atoms with Crippen LogP contribution in [-0.4, -0.2) is 27.7 Å². The molecule has 24 heavy (non-hydrogen) atoms. The Morgan fingerprint density at radius 2 is 2.12 bits per heavy atom. The molecule has 5 nitrogen and oxygen atoms in total. The highest BCUT2D eigenvalue weighted by molar-refractivity contribution is 9.10. The Kier molecular flexibility index (Phi) is 5.22. The Labute approximate surface area is 153 Å². The first-order valence-electron chi connectivity index (χ1n) is 7.38. The maximum atomic E-state index is 5.54. The van der Waals surface area contributed by atoms with Crippen LogP contribution in [0, 0.1) is 4.77 Å². The maximum Gasteiger partial charge on any atom is 0.216 e. The lowest BCUT2D eigenvalue weighted by molar-refractivity contribution is 0.340. The molecule has 0 radical (unpaired) electrons. The Morgan fingerprint density at radius 1 is 1.29 bits per heavy atom. The van der Waals surface area contributed by atoms with E-state index in [9.17, 15) is 0 Å². The van der Waals surface area contributed by atoms with Crippen molar-refractivity contribution in [3.63, 3.8) is 0 Å². The summed E-state index contributed by atoms with van der Waals surface area (Å²) in [5, 5.41) is 11.5. The zero-order chi connectivity index (χ0) is 16.9. The van der Waals surface area contributed by atoms with E-state index in [1.807, 2.05) is 55.5 Å². The Balaban J connectivity index is 1.99. The van der Waals surface area contributed by atoms with Gasteiger partial charge in [0.15, 0.2) is 5.82 Å². The second-order valence-electron chi connectivity index (χ2n) is 4.89. The fourth-order valence-corrected chi connectivity index (χ4v) is 2.74. The van der Waals surface area contributed by atoms with Gasteiger partial charge in [0, 0.05) is 15.6 Å². The van der Waals surface area contributed by atoms with Gasteiger partial charge in [-0.25, -0.2) is 5.10 Å². The molecule has 0 amide bonds. The first-order valence-corrected chi connectivity index (χ1v) is 8.58. The molecule has 1 heterocycles. The van der Waals surface area contributed by atoms with Crippen molar-refractivity contribution < 1.29 is 4.74 Å². The number of nitrogens with one attached hydrogen (secondary N) is 1. The van der Waals surface area contributed by atoms with Crippen LogP contribution in [-0.2, 0) is 0 Å². The van der Waals surface area contributed by atoms with Crippen LogP contribution < -0.4 is 4.74 Å². The van der Waals surface area contributed by atoms with Crippen molar-refractivity contribution in [2.45, 2.75) is 6.92 Å². The third-order valence-corrected chi connectivity index (χ3v) is 4.26. The van der Waals surface area contributed by atoms with Crippen molar-refractivity contribution in [2.75, 3.05) is 6.61 Å². The highest BCUT2D eigenvalue weighted by Gasteiger charge is 2.09. The van der Waals surface area contributed by atoms with Crippen LogP contribution in [0.15, 0.2) is 58.1 Å². The third-order valence-electron chi connectivity index (χ3n) is 3.27. The van der Waals surface area contributed by atoms with Gasteiger partial charge in [-0.3, -0.25) is 0 Å². The molecule has 0 spiro atoms. The van der Waals surface area contributed by atoms with Gasteiger partial charge < -0.3 is 4.74 Å². The van der Waals surface area contributed by atoms with Crippen molar-refractivity contribution in [2.24, 2.45) is 5.10 Å². The largest absolute Gasteiger partial charge is 0.494 e. The van der Waals surface area contributed by atoms with Gasteiger partial charge in [0.05, 0.1) is 12.8 Å². The fraction of sp³-hybridized carbons (Fsp3) is 0.118. The fourth-order valence-electron chi connectivity index (χ4n) is 2.18. The number of ether oxygens (including phenoxy) is 1. The molecule has 1 aromatic heterocycles. The number of aromatic amines is 1. The van der Waals surface area contributed by atoms with Gasteiger partial charge >= 0.3 is 0 Å². The summed E-state index contributed by atoms with van der Waals surface area (Å²) >= 11 is 8.80. The minimum atomic E-state index is 0.426. The molecule has 122 valence electrons. The van der Waals surface area contributed by atoms with Crippen molar-refractivity contribution in [3.8, 4) is 17.1 Å². The minimum absolute atomic E-state index is 0.426. The lowest BCUT2D eigenvalue weighted by atomic mass is 10.2. The lowest BCUT2D eigenvalue weighted by Crippen LogP contribution is -1.96. The molecule has 1 N–H and O–H groups in total. The quantitative estimate of drug-likeness (QED) is 0.498. The highest BCUT2D eigenvalue weighted by Crippen LogP contribution is 2.23. The van der Waals surface area contributed by atoms with Crippen LogP contribution in [0.3, 0.4) is 0 Å². The molecule has 0 saturated heterocycles. The maximum absolute atomic E-state index is 5.54. The molecule has 0 aliphatic heterocycles. The van der Waals surface area contributed by atoms with Gasteiger partial charge in [-0.2, -0.15) is 14.9 Å². The monoisotopic (exact) mass is 402 g/mol. The molecule has 0 bridgehead atoms. The van der Waals surface area contributed by atoms with Gasteiger partial charge in [-0.15, -0.1) is 0 Å². The summed E-state index contributed by atoms with van der Waals surface area (Å²) in [6.07, 6.45) is 1.74. The first kappa shape index (κ1) is 16.6. The second-order valence-corrected chi connectivity index (χ2v) is 6.13. The molecule has 0 fully saturated rings. The van der Waals surface area contributed by atoms with E-state index in [-0.39, 0.29) is 0 Å². The molecular formula is C17H15BrN4OS. The molecule has 3 aromatic rings. The van der Waals surface area contributed by atoms with Crippen molar-refractivity contribution in [3.05, 3.63) is 63.3 Å². The smallest absolute Gasteiger partial charge is 0.216 e. The Bertz CT molecular complexity index is 932. The van der Waals surface area contributed by atoms with Crippen LogP contribution in [0.5, 0.6) is 5.75 Å². The molecule has 0 unspecified atom stereocenters. The molecule has 0 saturated carbocycles. The van der Waals surface area contributed by atoms with Crippen LogP contribution >= 0.6 is 28.1 Å². The second kappa shape index (κ2) is 7.55. The number of H-pyrrole nitrogens is 1. The number of halogens is 1. The van der Waals surface area contributed by atoms with Crippen LogP contribution in [0.2, 0.25) is 0 Å². The van der Waals surface area contributed by atoms with Crippen molar-refractivity contribution >= 4 is 34.4 Å². The van der Waals surface area contributed by atoms with Crippen molar-refractivity contribution in [1.82, 2.24) is 14.9 Å². The topological polar surface area (TPSA) is 55.2 Å². The molecule has 7 heteroatoms. The van der Waals surface area contributed by atoms with E-state index in [4.69, 9.17) is 17.0 Å². The van der Waals surface area contributed by atoms with E-state index < -0.39 is 0 Å². The van der Waals surface area contributed by atoms with Crippen LogP contribution in [0.4, 0.5) is 0 Å². The molecule has 2 aromatic carbocycles. The predicted molar refractivity (Wildman–Crippen MR) is 101 cm³/mol. The van der Waals surface area contributed by atoms with Gasteiger partial charge in [-0.1, -0.05) is 46.3 Å².